The largest absolute Gasteiger partial charge is 0.345 e. The Bertz CT molecular complexity index is 858. The van der Waals surface area contributed by atoms with Gasteiger partial charge in [0.1, 0.15) is 23.9 Å². The normalized spacial score (nSPS) is 9.43. The number of allylic oxidation sites excluding steroid dienone is 2. The van der Waals surface area contributed by atoms with E-state index in [9.17, 15) is 0 Å². The number of aromatic nitrogens is 1. The summed E-state index contributed by atoms with van der Waals surface area (Å²) < 4.78 is 0. The Morgan fingerprint density at radius 2 is 1.61 bits per heavy atom. The second-order valence-electron chi connectivity index (χ2n) is 4.45. The van der Waals surface area contributed by atoms with Gasteiger partial charge in [0, 0.05) is 18.1 Å². The molecule has 0 saturated carbocycles. The molecule has 5 nitrogen and oxygen atoms in total. The quantitative estimate of drug-likeness (QED) is 0.871. The Morgan fingerprint density at radius 3 is 2.26 bits per heavy atom. The van der Waals surface area contributed by atoms with Gasteiger partial charge in [0.25, 0.3) is 0 Å². The predicted molar refractivity (Wildman–Crippen MR) is 87.1 cm³/mol. The SMILES string of the molecule is N#CC(C#N)=C(C#N)Nc1cccc(C=Cc2ccncc2)c1. The van der Waals surface area contributed by atoms with Gasteiger partial charge in [-0.2, -0.15) is 15.8 Å². The molecule has 0 fully saturated rings. The van der Waals surface area contributed by atoms with Crippen LogP contribution in [0.15, 0.2) is 60.1 Å². The van der Waals surface area contributed by atoms with Crippen LogP contribution in [0.1, 0.15) is 11.1 Å². The molecular formula is C18H11N5. The fourth-order valence-electron chi connectivity index (χ4n) is 1.81. The smallest absolute Gasteiger partial charge is 0.163 e. The Morgan fingerprint density at radius 1 is 0.913 bits per heavy atom. The molecule has 5 heteroatoms. The van der Waals surface area contributed by atoms with Crippen LogP contribution in [0.2, 0.25) is 0 Å². The molecule has 0 amide bonds. The van der Waals surface area contributed by atoms with Crippen LogP contribution in [0.3, 0.4) is 0 Å². The van der Waals surface area contributed by atoms with Crippen molar-refractivity contribution in [3.05, 3.63) is 71.2 Å². The van der Waals surface area contributed by atoms with Crippen molar-refractivity contribution in [2.24, 2.45) is 0 Å². The van der Waals surface area contributed by atoms with Crippen molar-refractivity contribution in [1.82, 2.24) is 4.98 Å². The summed E-state index contributed by atoms with van der Waals surface area (Å²) in [6.07, 6.45) is 7.30. The first-order valence-corrected chi connectivity index (χ1v) is 6.66. The first kappa shape index (κ1) is 15.5. The molecule has 0 unspecified atom stereocenters. The second kappa shape index (κ2) is 7.78. The average molecular weight is 297 g/mol. The minimum absolute atomic E-state index is 0.0646. The highest BCUT2D eigenvalue weighted by Gasteiger charge is 2.05. The Kier molecular flexibility index (Phi) is 5.25. The van der Waals surface area contributed by atoms with Gasteiger partial charge in [-0.3, -0.25) is 4.98 Å². The third-order valence-electron chi connectivity index (χ3n) is 2.92. The summed E-state index contributed by atoms with van der Waals surface area (Å²) in [5.41, 5.74) is 2.25. The number of pyridine rings is 1. The van der Waals surface area contributed by atoms with Gasteiger partial charge in [-0.1, -0.05) is 24.3 Å². The molecule has 0 atom stereocenters. The zero-order valence-corrected chi connectivity index (χ0v) is 12.1. The maximum Gasteiger partial charge on any atom is 0.163 e. The fraction of sp³-hybridized carbons (Fsp3) is 0. The first-order valence-electron chi connectivity index (χ1n) is 6.66. The number of rotatable bonds is 4. The number of nitrogens with one attached hydrogen (secondary N) is 1. The summed E-state index contributed by atoms with van der Waals surface area (Å²) in [5, 5.41) is 29.5. The Hall–Kier alpha value is -3.88. The topological polar surface area (TPSA) is 96.3 Å². The van der Waals surface area contributed by atoms with E-state index in [1.165, 1.54) is 0 Å². The van der Waals surface area contributed by atoms with Gasteiger partial charge in [0.15, 0.2) is 5.57 Å². The zero-order chi connectivity index (χ0) is 16.5. The highest BCUT2D eigenvalue weighted by atomic mass is 14.9. The molecular weight excluding hydrogens is 286 g/mol. The minimum Gasteiger partial charge on any atom is -0.345 e. The van der Waals surface area contributed by atoms with Crippen molar-refractivity contribution in [2.75, 3.05) is 5.32 Å². The van der Waals surface area contributed by atoms with E-state index >= 15 is 0 Å². The third-order valence-corrected chi connectivity index (χ3v) is 2.92. The number of hydrogen-bond acceptors (Lipinski definition) is 5. The van der Waals surface area contributed by atoms with Crippen molar-refractivity contribution in [3.8, 4) is 18.2 Å². The lowest BCUT2D eigenvalue weighted by Crippen LogP contribution is -2.00. The van der Waals surface area contributed by atoms with Crippen LogP contribution in [0.25, 0.3) is 12.2 Å². The molecule has 1 N–H and O–H groups in total. The number of nitriles is 3. The molecule has 0 saturated heterocycles. The molecule has 0 aliphatic carbocycles. The van der Waals surface area contributed by atoms with Crippen LogP contribution >= 0.6 is 0 Å². The van der Waals surface area contributed by atoms with E-state index in [1.807, 2.05) is 48.6 Å². The lowest BCUT2D eigenvalue weighted by molar-refractivity contribution is 1.32. The van der Waals surface area contributed by atoms with Crippen LogP contribution < -0.4 is 5.32 Å². The monoisotopic (exact) mass is 297 g/mol. The Balaban J connectivity index is 2.23. The van der Waals surface area contributed by atoms with E-state index in [0.29, 0.717) is 5.69 Å². The van der Waals surface area contributed by atoms with E-state index in [4.69, 9.17) is 15.8 Å². The molecule has 0 spiro atoms. The molecule has 1 heterocycles. The summed E-state index contributed by atoms with van der Waals surface area (Å²) in [4.78, 5) is 3.96. The van der Waals surface area contributed by atoms with Gasteiger partial charge < -0.3 is 5.32 Å². The van der Waals surface area contributed by atoms with Gasteiger partial charge in [-0.05, 0) is 35.4 Å². The van der Waals surface area contributed by atoms with Crippen molar-refractivity contribution in [3.63, 3.8) is 0 Å². The third kappa shape index (κ3) is 4.29. The van der Waals surface area contributed by atoms with Crippen molar-refractivity contribution < 1.29 is 0 Å². The van der Waals surface area contributed by atoms with Crippen molar-refractivity contribution >= 4 is 17.8 Å². The lowest BCUT2D eigenvalue weighted by Gasteiger charge is -2.05. The van der Waals surface area contributed by atoms with E-state index in [-0.39, 0.29) is 11.3 Å². The number of anilines is 1. The van der Waals surface area contributed by atoms with Gasteiger partial charge in [0.05, 0.1) is 0 Å². The molecule has 108 valence electrons. The zero-order valence-electron chi connectivity index (χ0n) is 12.1. The molecule has 2 aromatic rings. The van der Waals surface area contributed by atoms with Crippen molar-refractivity contribution in [1.29, 1.82) is 15.8 Å². The van der Waals surface area contributed by atoms with Crippen molar-refractivity contribution in [2.45, 2.75) is 0 Å². The summed E-state index contributed by atoms with van der Waals surface area (Å²) in [7, 11) is 0. The molecule has 0 bridgehead atoms. The lowest BCUT2D eigenvalue weighted by atomic mass is 10.1. The summed E-state index contributed by atoms with van der Waals surface area (Å²) in [6, 6.07) is 16.3. The first-order chi connectivity index (χ1) is 11.3. The van der Waals surface area contributed by atoms with Gasteiger partial charge >= 0.3 is 0 Å². The fourth-order valence-corrected chi connectivity index (χ4v) is 1.81. The van der Waals surface area contributed by atoms with Gasteiger partial charge in [-0.25, -0.2) is 0 Å². The van der Waals surface area contributed by atoms with E-state index in [1.54, 1.807) is 30.6 Å². The average Bonchev–Trinajstić information content (AvgIpc) is 2.61. The maximum absolute atomic E-state index is 9.05. The van der Waals surface area contributed by atoms with Crippen LogP contribution in [0.5, 0.6) is 0 Å². The molecule has 23 heavy (non-hydrogen) atoms. The molecule has 0 radical (unpaired) electrons. The van der Waals surface area contributed by atoms with Gasteiger partial charge in [0.2, 0.25) is 0 Å². The summed E-state index contributed by atoms with van der Waals surface area (Å²) in [6.45, 7) is 0. The van der Waals surface area contributed by atoms with Crippen LogP contribution in [-0.4, -0.2) is 4.98 Å². The Labute approximate surface area is 134 Å². The number of benzene rings is 1. The predicted octanol–water partition coefficient (Wildman–Crippen LogP) is 3.49. The molecule has 1 aromatic carbocycles. The summed E-state index contributed by atoms with van der Waals surface area (Å²) in [5.74, 6) is 0. The second-order valence-corrected chi connectivity index (χ2v) is 4.45. The molecule has 0 aliphatic heterocycles. The molecule has 0 aliphatic rings. The molecule has 2 rings (SSSR count). The maximum atomic E-state index is 9.05. The standard InChI is InChI=1S/C18H11N5/c19-11-16(12-20)18(13-21)23-17-3-1-2-15(10-17)5-4-14-6-8-22-9-7-14/h1-10,23H. The number of nitrogens with zero attached hydrogens (tertiary/aromatic N) is 4. The highest BCUT2D eigenvalue weighted by Crippen LogP contribution is 2.16. The molecule has 1 aromatic heterocycles. The van der Waals surface area contributed by atoms with Crippen LogP contribution in [0, 0.1) is 34.0 Å². The van der Waals surface area contributed by atoms with Crippen LogP contribution in [0.4, 0.5) is 5.69 Å². The minimum atomic E-state index is -0.245. The van der Waals surface area contributed by atoms with E-state index in [0.717, 1.165) is 11.1 Å². The summed E-state index contributed by atoms with van der Waals surface area (Å²) >= 11 is 0. The van der Waals surface area contributed by atoms with Crippen LogP contribution in [-0.2, 0) is 0 Å². The van der Waals surface area contributed by atoms with E-state index in [2.05, 4.69) is 10.3 Å². The number of hydrogen-bond donors (Lipinski definition) is 1. The van der Waals surface area contributed by atoms with Gasteiger partial charge in [-0.15, -0.1) is 0 Å². The van der Waals surface area contributed by atoms with E-state index < -0.39 is 0 Å². The highest BCUT2D eigenvalue weighted by molar-refractivity contribution is 5.72.